The standard InChI is InChI=1S/C7H13N/c1-2-8-6-7-4-3-5-7/h2,7-8H,1,3-6H2. The zero-order valence-corrected chi connectivity index (χ0v) is 5.19. The molecule has 1 N–H and O–H groups in total. The predicted octanol–water partition coefficient (Wildman–Crippen LogP) is 1.52. The number of rotatable bonds is 3. The summed E-state index contributed by atoms with van der Waals surface area (Å²) >= 11 is 0. The van der Waals surface area contributed by atoms with Crippen LogP contribution in [0, 0.1) is 5.92 Å². The molecule has 0 unspecified atom stereocenters. The van der Waals surface area contributed by atoms with Gasteiger partial charge < -0.3 is 5.32 Å². The Morgan fingerprint density at radius 1 is 1.62 bits per heavy atom. The van der Waals surface area contributed by atoms with E-state index in [-0.39, 0.29) is 0 Å². The van der Waals surface area contributed by atoms with Crippen molar-refractivity contribution in [3.63, 3.8) is 0 Å². The monoisotopic (exact) mass is 111 g/mol. The van der Waals surface area contributed by atoms with Gasteiger partial charge >= 0.3 is 0 Å². The van der Waals surface area contributed by atoms with Crippen LogP contribution in [-0.4, -0.2) is 6.54 Å². The molecule has 0 heterocycles. The van der Waals surface area contributed by atoms with Crippen LogP contribution in [0.1, 0.15) is 19.3 Å². The van der Waals surface area contributed by atoms with Gasteiger partial charge in [-0.2, -0.15) is 0 Å². The quantitative estimate of drug-likeness (QED) is 0.582. The average Bonchev–Trinajstić information content (AvgIpc) is 1.63. The van der Waals surface area contributed by atoms with Gasteiger partial charge in [-0.15, -0.1) is 0 Å². The van der Waals surface area contributed by atoms with Crippen LogP contribution in [0.5, 0.6) is 0 Å². The molecule has 0 atom stereocenters. The molecule has 0 aromatic carbocycles. The van der Waals surface area contributed by atoms with Gasteiger partial charge in [-0.05, 0) is 25.0 Å². The second-order valence-corrected chi connectivity index (χ2v) is 2.41. The van der Waals surface area contributed by atoms with Gasteiger partial charge in [-0.25, -0.2) is 0 Å². The highest BCUT2D eigenvalue weighted by molar-refractivity contribution is 4.74. The molecule has 0 amide bonds. The minimum absolute atomic E-state index is 0.952. The molecule has 0 radical (unpaired) electrons. The first-order valence-corrected chi connectivity index (χ1v) is 3.28. The fraction of sp³-hybridized carbons (Fsp3) is 0.714. The Kier molecular flexibility index (Phi) is 1.95. The Labute approximate surface area is 50.8 Å². The third-order valence-electron chi connectivity index (χ3n) is 1.78. The molecule has 0 aliphatic heterocycles. The van der Waals surface area contributed by atoms with Crippen LogP contribution in [0.2, 0.25) is 0 Å². The summed E-state index contributed by atoms with van der Waals surface area (Å²) in [6.07, 6.45) is 6.05. The highest BCUT2D eigenvalue weighted by atomic mass is 14.8. The Hall–Kier alpha value is -0.460. The van der Waals surface area contributed by atoms with Crippen molar-refractivity contribution in [1.29, 1.82) is 0 Å². The van der Waals surface area contributed by atoms with E-state index in [1.165, 1.54) is 19.3 Å². The molecule has 1 fully saturated rings. The summed E-state index contributed by atoms with van der Waals surface area (Å²) in [6.45, 7) is 4.72. The average molecular weight is 111 g/mol. The van der Waals surface area contributed by atoms with E-state index in [1.807, 2.05) is 0 Å². The highest BCUT2D eigenvalue weighted by Gasteiger charge is 2.15. The molecule has 1 saturated carbocycles. The molecule has 1 aliphatic rings. The van der Waals surface area contributed by atoms with Gasteiger partial charge in [0.15, 0.2) is 0 Å². The SMILES string of the molecule is C=CNCC1CCC1. The fourth-order valence-electron chi connectivity index (χ4n) is 0.947. The third-order valence-corrected chi connectivity index (χ3v) is 1.78. The van der Waals surface area contributed by atoms with Crippen molar-refractivity contribution in [3.8, 4) is 0 Å². The lowest BCUT2D eigenvalue weighted by Gasteiger charge is -2.24. The van der Waals surface area contributed by atoms with E-state index >= 15 is 0 Å². The number of hydrogen-bond donors (Lipinski definition) is 1. The maximum Gasteiger partial charge on any atom is 0.0169 e. The molecule has 1 nitrogen and oxygen atoms in total. The molecule has 1 aliphatic carbocycles. The normalized spacial score (nSPS) is 19.5. The Morgan fingerprint density at radius 3 is 2.75 bits per heavy atom. The second-order valence-electron chi connectivity index (χ2n) is 2.41. The second kappa shape index (κ2) is 2.75. The van der Waals surface area contributed by atoms with Crippen LogP contribution in [0.4, 0.5) is 0 Å². The Balaban J connectivity index is 1.93. The van der Waals surface area contributed by atoms with Gasteiger partial charge in [-0.1, -0.05) is 13.0 Å². The van der Waals surface area contributed by atoms with Crippen LogP contribution in [-0.2, 0) is 0 Å². The summed E-state index contributed by atoms with van der Waals surface area (Å²) in [4.78, 5) is 0. The maximum atomic E-state index is 3.58. The smallest absolute Gasteiger partial charge is 0.0169 e. The zero-order valence-electron chi connectivity index (χ0n) is 5.19. The molecule has 0 aromatic heterocycles. The van der Waals surface area contributed by atoms with Gasteiger partial charge in [0.1, 0.15) is 0 Å². The van der Waals surface area contributed by atoms with Crippen LogP contribution in [0.3, 0.4) is 0 Å². The summed E-state index contributed by atoms with van der Waals surface area (Å²) in [5.74, 6) is 0.952. The van der Waals surface area contributed by atoms with Crippen molar-refractivity contribution in [2.24, 2.45) is 5.92 Å². The summed E-state index contributed by atoms with van der Waals surface area (Å²) < 4.78 is 0. The van der Waals surface area contributed by atoms with Gasteiger partial charge in [0.2, 0.25) is 0 Å². The zero-order chi connectivity index (χ0) is 5.82. The van der Waals surface area contributed by atoms with E-state index < -0.39 is 0 Å². The van der Waals surface area contributed by atoms with Crippen molar-refractivity contribution < 1.29 is 0 Å². The maximum absolute atomic E-state index is 3.58. The Morgan fingerprint density at radius 2 is 2.38 bits per heavy atom. The highest BCUT2D eigenvalue weighted by Crippen LogP contribution is 2.24. The Bertz CT molecular complexity index is 74.5. The molecule has 0 aromatic rings. The van der Waals surface area contributed by atoms with E-state index in [4.69, 9.17) is 0 Å². The lowest BCUT2D eigenvalue weighted by Crippen LogP contribution is -2.23. The van der Waals surface area contributed by atoms with Crippen molar-refractivity contribution in [3.05, 3.63) is 12.8 Å². The molecule has 0 spiro atoms. The first kappa shape index (κ1) is 5.67. The molecule has 1 heteroatoms. The lowest BCUT2D eigenvalue weighted by atomic mass is 9.85. The van der Waals surface area contributed by atoms with Crippen LogP contribution in [0.15, 0.2) is 12.8 Å². The van der Waals surface area contributed by atoms with Gasteiger partial charge in [-0.3, -0.25) is 0 Å². The topological polar surface area (TPSA) is 12.0 Å². The van der Waals surface area contributed by atoms with E-state index in [2.05, 4.69) is 11.9 Å². The molecule has 1 rings (SSSR count). The molecule has 0 saturated heterocycles. The van der Waals surface area contributed by atoms with Crippen LogP contribution < -0.4 is 5.32 Å². The van der Waals surface area contributed by atoms with Crippen LogP contribution in [0.25, 0.3) is 0 Å². The summed E-state index contributed by atoms with van der Waals surface area (Å²) in [5.41, 5.74) is 0. The predicted molar refractivity (Wildman–Crippen MR) is 35.5 cm³/mol. The van der Waals surface area contributed by atoms with Crippen molar-refractivity contribution in [2.75, 3.05) is 6.54 Å². The molecular formula is C7H13N. The van der Waals surface area contributed by atoms with Gasteiger partial charge in [0.05, 0.1) is 0 Å². The first-order chi connectivity index (χ1) is 3.93. The van der Waals surface area contributed by atoms with Gasteiger partial charge in [0.25, 0.3) is 0 Å². The van der Waals surface area contributed by atoms with Gasteiger partial charge in [0, 0.05) is 6.54 Å². The minimum Gasteiger partial charge on any atom is -0.391 e. The minimum atomic E-state index is 0.952. The largest absolute Gasteiger partial charge is 0.391 e. The summed E-state index contributed by atoms with van der Waals surface area (Å²) in [5, 5.41) is 3.11. The van der Waals surface area contributed by atoms with Crippen LogP contribution >= 0.6 is 0 Å². The molecule has 0 bridgehead atoms. The van der Waals surface area contributed by atoms with E-state index in [9.17, 15) is 0 Å². The fourth-order valence-corrected chi connectivity index (χ4v) is 0.947. The van der Waals surface area contributed by atoms with E-state index in [0.29, 0.717) is 0 Å². The molecule has 8 heavy (non-hydrogen) atoms. The summed E-state index contributed by atoms with van der Waals surface area (Å²) in [7, 11) is 0. The van der Waals surface area contributed by atoms with Crippen molar-refractivity contribution in [2.45, 2.75) is 19.3 Å². The number of nitrogens with one attached hydrogen (secondary N) is 1. The van der Waals surface area contributed by atoms with Crippen molar-refractivity contribution in [1.82, 2.24) is 5.32 Å². The summed E-state index contributed by atoms with van der Waals surface area (Å²) in [6, 6.07) is 0. The van der Waals surface area contributed by atoms with Crippen molar-refractivity contribution >= 4 is 0 Å². The van der Waals surface area contributed by atoms with E-state index in [1.54, 1.807) is 6.20 Å². The molecule has 46 valence electrons. The first-order valence-electron chi connectivity index (χ1n) is 3.28. The number of hydrogen-bond acceptors (Lipinski definition) is 1. The molecular weight excluding hydrogens is 98.1 g/mol. The van der Waals surface area contributed by atoms with E-state index in [0.717, 1.165) is 12.5 Å². The lowest BCUT2D eigenvalue weighted by molar-refractivity contribution is 0.312. The third kappa shape index (κ3) is 1.25.